The van der Waals surface area contributed by atoms with Crippen molar-refractivity contribution in [3.8, 4) is 0 Å². The quantitative estimate of drug-likeness (QED) is 0.788. The van der Waals surface area contributed by atoms with E-state index < -0.39 is 0 Å². The first-order valence-electron chi connectivity index (χ1n) is 9.76. The van der Waals surface area contributed by atoms with E-state index in [9.17, 15) is 4.79 Å². The molecule has 126 valence electrons. The van der Waals surface area contributed by atoms with Crippen molar-refractivity contribution in [3.63, 3.8) is 0 Å². The number of likely N-dealkylation sites (N-methyl/N-ethyl adjacent to an activating group) is 1. The summed E-state index contributed by atoms with van der Waals surface area (Å²) in [4.78, 5) is 18.2. The molecular formula is C19H34N2O. The molecule has 0 radical (unpaired) electrons. The topological polar surface area (TPSA) is 23.6 Å². The molecule has 1 amide bonds. The summed E-state index contributed by atoms with van der Waals surface area (Å²) in [7, 11) is 2.10. The number of nitrogens with zero attached hydrogens (tertiary/aromatic N) is 2. The van der Waals surface area contributed by atoms with Crippen LogP contribution in [0.15, 0.2) is 0 Å². The molecular weight excluding hydrogens is 272 g/mol. The van der Waals surface area contributed by atoms with Crippen LogP contribution in [-0.2, 0) is 4.79 Å². The van der Waals surface area contributed by atoms with Crippen molar-refractivity contribution >= 4 is 5.91 Å². The minimum absolute atomic E-state index is 0.148. The summed E-state index contributed by atoms with van der Waals surface area (Å²) in [5.41, 5.74) is -0.148. The Morgan fingerprint density at radius 3 is 2.05 bits per heavy atom. The van der Waals surface area contributed by atoms with Crippen molar-refractivity contribution < 1.29 is 4.79 Å². The second-order valence-corrected chi connectivity index (χ2v) is 7.85. The van der Waals surface area contributed by atoms with Crippen LogP contribution in [0, 0.1) is 0 Å². The zero-order valence-electron chi connectivity index (χ0n) is 14.5. The van der Waals surface area contributed by atoms with Gasteiger partial charge in [0.15, 0.2) is 0 Å². The minimum atomic E-state index is -0.148. The van der Waals surface area contributed by atoms with Gasteiger partial charge in [0.05, 0.1) is 0 Å². The van der Waals surface area contributed by atoms with Gasteiger partial charge in [-0.2, -0.15) is 0 Å². The van der Waals surface area contributed by atoms with Crippen molar-refractivity contribution in [1.29, 1.82) is 0 Å². The van der Waals surface area contributed by atoms with Gasteiger partial charge < -0.3 is 4.90 Å². The predicted octanol–water partition coefficient (Wildman–Crippen LogP) is 3.97. The summed E-state index contributed by atoms with van der Waals surface area (Å²) < 4.78 is 0. The molecule has 22 heavy (non-hydrogen) atoms. The number of likely N-dealkylation sites (tertiary alicyclic amines) is 1. The average Bonchev–Trinajstić information content (AvgIpc) is 2.62. The standard InChI is InChI=1S/C19H34N2O/c1-20(17-11-5-2-6-12-17)18(22)19(13-7-3-8-14-19)21-15-9-4-10-16-21/h17H,2-16H2,1H3. The molecule has 0 aromatic heterocycles. The summed E-state index contributed by atoms with van der Waals surface area (Å²) in [6, 6.07) is 0.504. The molecule has 0 aromatic carbocycles. The van der Waals surface area contributed by atoms with Crippen molar-refractivity contribution in [1.82, 2.24) is 9.80 Å². The van der Waals surface area contributed by atoms with Crippen LogP contribution >= 0.6 is 0 Å². The first-order chi connectivity index (χ1) is 10.7. The van der Waals surface area contributed by atoms with Crippen LogP contribution in [0.1, 0.15) is 83.5 Å². The normalized spacial score (nSPS) is 27.5. The summed E-state index contributed by atoms with van der Waals surface area (Å²) in [5.74, 6) is 0.459. The van der Waals surface area contributed by atoms with Gasteiger partial charge in [0.2, 0.25) is 5.91 Å². The van der Waals surface area contributed by atoms with Crippen molar-refractivity contribution in [2.24, 2.45) is 0 Å². The molecule has 0 atom stereocenters. The molecule has 2 aliphatic carbocycles. The first kappa shape index (κ1) is 16.3. The van der Waals surface area contributed by atoms with E-state index in [0.29, 0.717) is 11.9 Å². The van der Waals surface area contributed by atoms with Crippen LogP contribution in [0.25, 0.3) is 0 Å². The number of carbonyl (C=O) groups is 1. The summed E-state index contributed by atoms with van der Waals surface area (Å²) in [5, 5.41) is 0. The molecule has 1 aliphatic heterocycles. The van der Waals surface area contributed by atoms with Gasteiger partial charge in [0, 0.05) is 13.1 Å². The molecule has 0 N–H and O–H groups in total. The zero-order chi connectivity index (χ0) is 15.4. The fourth-order valence-corrected chi connectivity index (χ4v) is 5.09. The Balaban J connectivity index is 1.76. The fourth-order valence-electron chi connectivity index (χ4n) is 5.09. The monoisotopic (exact) mass is 306 g/mol. The first-order valence-corrected chi connectivity index (χ1v) is 9.76. The van der Waals surface area contributed by atoms with Gasteiger partial charge in [-0.3, -0.25) is 9.69 Å². The average molecular weight is 306 g/mol. The van der Waals surface area contributed by atoms with Crippen molar-refractivity contribution in [2.75, 3.05) is 20.1 Å². The summed E-state index contributed by atoms with van der Waals surface area (Å²) in [6.45, 7) is 2.29. The highest BCUT2D eigenvalue weighted by atomic mass is 16.2. The molecule has 0 unspecified atom stereocenters. The lowest BCUT2D eigenvalue weighted by molar-refractivity contribution is -0.150. The van der Waals surface area contributed by atoms with Gasteiger partial charge in [0.25, 0.3) is 0 Å². The maximum Gasteiger partial charge on any atom is 0.243 e. The number of amides is 1. The number of hydrogen-bond acceptors (Lipinski definition) is 2. The molecule has 2 saturated carbocycles. The predicted molar refractivity (Wildman–Crippen MR) is 90.9 cm³/mol. The van der Waals surface area contributed by atoms with Crippen molar-refractivity contribution in [2.45, 2.75) is 95.1 Å². The van der Waals surface area contributed by atoms with E-state index in [1.807, 2.05) is 0 Å². The molecule has 0 aromatic rings. The Morgan fingerprint density at radius 1 is 0.864 bits per heavy atom. The molecule has 1 heterocycles. The van der Waals surface area contributed by atoms with E-state index in [0.717, 1.165) is 25.9 Å². The smallest absolute Gasteiger partial charge is 0.243 e. The largest absolute Gasteiger partial charge is 0.341 e. The van der Waals surface area contributed by atoms with E-state index in [1.165, 1.54) is 70.6 Å². The Kier molecular flexibility index (Phi) is 5.43. The molecule has 3 fully saturated rings. The molecule has 3 rings (SSSR count). The summed E-state index contributed by atoms with van der Waals surface area (Å²) in [6.07, 6.45) is 16.3. The maximum atomic E-state index is 13.5. The Labute approximate surface area is 136 Å². The van der Waals surface area contributed by atoms with Crippen LogP contribution in [0.5, 0.6) is 0 Å². The second-order valence-electron chi connectivity index (χ2n) is 7.85. The van der Waals surface area contributed by atoms with Gasteiger partial charge in [-0.05, 0) is 51.6 Å². The minimum Gasteiger partial charge on any atom is -0.341 e. The summed E-state index contributed by atoms with van der Waals surface area (Å²) >= 11 is 0. The van der Waals surface area contributed by atoms with Gasteiger partial charge in [-0.25, -0.2) is 0 Å². The highest BCUT2D eigenvalue weighted by Crippen LogP contribution is 2.38. The molecule has 0 bridgehead atoms. The molecule has 0 spiro atoms. The lowest BCUT2D eigenvalue weighted by Crippen LogP contribution is -2.62. The van der Waals surface area contributed by atoms with Gasteiger partial charge in [0.1, 0.15) is 5.54 Å². The van der Waals surface area contributed by atoms with Crippen LogP contribution in [0.3, 0.4) is 0 Å². The van der Waals surface area contributed by atoms with Crippen LogP contribution in [-0.4, -0.2) is 47.4 Å². The zero-order valence-corrected chi connectivity index (χ0v) is 14.5. The molecule has 1 saturated heterocycles. The lowest BCUT2D eigenvalue weighted by Gasteiger charge is -2.49. The second kappa shape index (κ2) is 7.33. The van der Waals surface area contributed by atoms with Crippen LogP contribution < -0.4 is 0 Å². The number of carbonyl (C=O) groups excluding carboxylic acids is 1. The molecule has 3 heteroatoms. The van der Waals surface area contributed by atoms with E-state index in [4.69, 9.17) is 0 Å². The third-order valence-electron chi connectivity index (χ3n) is 6.48. The van der Waals surface area contributed by atoms with Gasteiger partial charge in [-0.15, -0.1) is 0 Å². The van der Waals surface area contributed by atoms with Crippen LogP contribution in [0.4, 0.5) is 0 Å². The van der Waals surface area contributed by atoms with E-state index in [-0.39, 0.29) is 5.54 Å². The third kappa shape index (κ3) is 3.20. The number of hydrogen-bond donors (Lipinski definition) is 0. The van der Waals surface area contributed by atoms with E-state index in [2.05, 4.69) is 16.8 Å². The molecule has 3 nitrogen and oxygen atoms in total. The van der Waals surface area contributed by atoms with Gasteiger partial charge in [-0.1, -0.05) is 44.9 Å². The third-order valence-corrected chi connectivity index (χ3v) is 6.48. The Bertz CT molecular complexity index is 364. The highest BCUT2D eigenvalue weighted by Gasteiger charge is 2.47. The Morgan fingerprint density at radius 2 is 1.41 bits per heavy atom. The fraction of sp³-hybridized carbons (Fsp3) is 0.947. The maximum absolute atomic E-state index is 13.5. The number of piperidine rings is 1. The van der Waals surface area contributed by atoms with Crippen LogP contribution in [0.2, 0.25) is 0 Å². The van der Waals surface area contributed by atoms with E-state index >= 15 is 0 Å². The van der Waals surface area contributed by atoms with Gasteiger partial charge >= 0.3 is 0 Å². The lowest BCUT2D eigenvalue weighted by atomic mass is 9.77. The Hall–Kier alpha value is -0.570. The highest BCUT2D eigenvalue weighted by molar-refractivity contribution is 5.86. The number of rotatable bonds is 3. The molecule has 3 aliphatic rings. The SMILES string of the molecule is CN(C(=O)C1(N2CCCCC2)CCCCC1)C1CCCCC1. The van der Waals surface area contributed by atoms with E-state index in [1.54, 1.807) is 0 Å². The van der Waals surface area contributed by atoms with Crippen molar-refractivity contribution in [3.05, 3.63) is 0 Å².